The minimum absolute atomic E-state index is 0.202. The lowest BCUT2D eigenvalue weighted by atomic mass is 10.1. The Labute approximate surface area is 137 Å². The maximum Gasteiger partial charge on any atom is 0.221 e. The number of para-hydroxylation sites is 1. The summed E-state index contributed by atoms with van der Waals surface area (Å²) < 4.78 is 5.85. The Balaban J connectivity index is 1.84. The number of nitrogen functional groups attached to an aromatic ring is 1. The summed E-state index contributed by atoms with van der Waals surface area (Å²) in [6.45, 7) is 0. The van der Waals surface area contributed by atoms with Gasteiger partial charge in [-0.3, -0.25) is 0 Å². The zero-order valence-electron chi connectivity index (χ0n) is 12.0. The van der Waals surface area contributed by atoms with Crippen LogP contribution in [0.5, 0.6) is 0 Å². The fraction of sp³-hybridized carbons (Fsp3) is 0. The first-order valence-electron chi connectivity index (χ1n) is 7.08. The molecule has 2 aromatic heterocycles. The van der Waals surface area contributed by atoms with Crippen LogP contribution in [0.15, 0.2) is 65.1 Å². The lowest BCUT2D eigenvalue weighted by molar-refractivity contribution is 0.628. The van der Waals surface area contributed by atoms with Gasteiger partial charge >= 0.3 is 0 Å². The summed E-state index contributed by atoms with van der Waals surface area (Å²) in [4.78, 5) is 8.58. The molecule has 0 aliphatic carbocycles. The minimum Gasteiger partial charge on any atom is -0.454 e. The lowest BCUT2D eigenvalue weighted by Gasteiger charge is -2.04. The van der Waals surface area contributed by atoms with Gasteiger partial charge < -0.3 is 10.2 Å². The molecule has 2 aromatic carbocycles. The Morgan fingerprint density at radius 1 is 0.870 bits per heavy atom. The maximum absolute atomic E-state index is 5.93. The van der Waals surface area contributed by atoms with Gasteiger partial charge in [0.1, 0.15) is 11.3 Å². The predicted molar refractivity (Wildman–Crippen MR) is 92.1 cm³/mol. The molecule has 4 rings (SSSR count). The molecule has 2 heterocycles. The predicted octanol–water partition coefficient (Wildman–Crippen LogP) is 4.79. The molecule has 4 nitrogen and oxygen atoms in total. The summed E-state index contributed by atoms with van der Waals surface area (Å²) in [5.41, 5.74) is 8.98. The van der Waals surface area contributed by atoms with Crippen LogP contribution in [0.3, 0.4) is 0 Å². The maximum atomic E-state index is 5.93. The van der Waals surface area contributed by atoms with Crippen molar-refractivity contribution in [3.05, 3.63) is 65.7 Å². The Kier molecular flexibility index (Phi) is 3.24. The number of hydrogen-bond donors (Lipinski definition) is 1. The molecule has 112 valence electrons. The van der Waals surface area contributed by atoms with Gasteiger partial charge in [0.05, 0.1) is 5.69 Å². The highest BCUT2D eigenvalue weighted by atomic mass is 35.5. The number of hydrogen-bond acceptors (Lipinski definition) is 4. The van der Waals surface area contributed by atoms with Gasteiger partial charge in [0.2, 0.25) is 5.95 Å². The van der Waals surface area contributed by atoms with Crippen molar-refractivity contribution in [2.75, 3.05) is 5.73 Å². The van der Waals surface area contributed by atoms with Crippen LogP contribution < -0.4 is 5.73 Å². The SMILES string of the molecule is Nc1nc(-c2ccc(Cl)cc2)cc(-c2cc3ccccc3o2)n1. The van der Waals surface area contributed by atoms with E-state index in [1.165, 1.54) is 0 Å². The molecule has 0 aliphatic rings. The van der Waals surface area contributed by atoms with Gasteiger partial charge in [-0.2, -0.15) is 0 Å². The third-order valence-electron chi connectivity index (χ3n) is 3.56. The molecule has 0 fully saturated rings. The largest absolute Gasteiger partial charge is 0.454 e. The molecule has 0 aliphatic heterocycles. The zero-order valence-corrected chi connectivity index (χ0v) is 12.8. The Bertz CT molecular complexity index is 960. The Morgan fingerprint density at radius 2 is 1.61 bits per heavy atom. The fourth-order valence-corrected chi connectivity index (χ4v) is 2.59. The van der Waals surface area contributed by atoms with Crippen molar-refractivity contribution in [3.8, 4) is 22.7 Å². The number of nitrogens with zero attached hydrogens (tertiary/aromatic N) is 2. The standard InChI is InChI=1S/C18H12ClN3O/c19-13-7-5-11(6-8-13)14-10-15(22-18(20)21-14)17-9-12-3-1-2-4-16(12)23-17/h1-10H,(H2,20,21,22). The number of fused-ring (bicyclic) bond motifs is 1. The molecule has 0 saturated heterocycles. The number of nitrogens with two attached hydrogens (primary N) is 1. The fourth-order valence-electron chi connectivity index (χ4n) is 2.47. The lowest BCUT2D eigenvalue weighted by Crippen LogP contribution is -1.98. The van der Waals surface area contributed by atoms with E-state index in [1.807, 2.05) is 60.7 Å². The van der Waals surface area contributed by atoms with Gasteiger partial charge in [0.15, 0.2) is 5.76 Å². The van der Waals surface area contributed by atoms with E-state index in [0.717, 1.165) is 22.2 Å². The molecule has 0 atom stereocenters. The van der Waals surface area contributed by atoms with Crippen molar-refractivity contribution in [1.29, 1.82) is 0 Å². The highest BCUT2D eigenvalue weighted by Crippen LogP contribution is 2.29. The topological polar surface area (TPSA) is 64.9 Å². The molecule has 2 N–H and O–H groups in total. The van der Waals surface area contributed by atoms with Gasteiger partial charge in [-0.1, -0.05) is 41.9 Å². The highest BCUT2D eigenvalue weighted by molar-refractivity contribution is 6.30. The quantitative estimate of drug-likeness (QED) is 0.576. The van der Waals surface area contributed by atoms with Gasteiger partial charge in [-0.25, -0.2) is 9.97 Å². The van der Waals surface area contributed by atoms with Crippen LogP contribution in [0.2, 0.25) is 5.02 Å². The van der Waals surface area contributed by atoms with Crippen molar-refractivity contribution in [1.82, 2.24) is 9.97 Å². The zero-order chi connectivity index (χ0) is 15.8. The normalized spacial score (nSPS) is 11.0. The Hall–Kier alpha value is -2.85. The number of furan rings is 1. The third-order valence-corrected chi connectivity index (χ3v) is 3.81. The summed E-state index contributed by atoms with van der Waals surface area (Å²) in [5.74, 6) is 0.864. The average Bonchev–Trinajstić information content (AvgIpc) is 2.99. The summed E-state index contributed by atoms with van der Waals surface area (Å²) in [6.07, 6.45) is 0. The number of aromatic nitrogens is 2. The van der Waals surface area contributed by atoms with E-state index in [-0.39, 0.29) is 5.95 Å². The first-order valence-corrected chi connectivity index (χ1v) is 7.46. The molecule has 0 spiro atoms. The van der Waals surface area contributed by atoms with Crippen molar-refractivity contribution in [3.63, 3.8) is 0 Å². The molecular formula is C18H12ClN3O. The van der Waals surface area contributed by atoms with E-state index in [9.17, 15) is 0 Å². The van der Waals surface area contributed by atoms with Crippen LogP contribution in [0.25, 0.3) is 33.7 Å². The monoisotopic (exact) mass is 321 g/mol. The molecule has 0 unspecified atom stereocenters. The number of benzene rings is 2. The molecule has 0 saturated carbocycles. The van der Waals surface area contributed by atoms with E-state index in [4.69, 9.17) is 21.8 Å². The second-order valence-corrected chi connectivity index (χ2v) is 5.59. The number of rotatable bonds is 2. The van der Waals surface area contributed by atoms with Crippen molar-refractivity contribution in [2.45, 2.75) is 0 Å². The summed E-state index contributed by atoms with van der Waals surface area (Å²) in [6, 6.07) is 19.0. The molecule has 23 heavy (non-hydrogen) atoms. The van der Waals surface area contributed by atoms with Crippen LogP contribution in [0.4, 0.5) is 5.95 Å². The molecular weight excluding hydrogens is 310 g/mol. The summed E-state index contributed by atoms with van der Waals surface area (Å²) in [5, 5.41) is 1.70. The van der Waals surface area contributed by atoms with Crippen LogP contribution in [-0.4, -0.2) is 9.97 Å². The van der Waals surface area contributed by atoms with E-state index in [0.29, 0.717) is 16.5 Å². The van der Waals surface area contributed by atoms with E-state index < -0.39 is 0 Å². The first kappa shape index (κ1) is 13.8. The van der Waals surface area contributed by atoms with Crippen LogP contribution in [0, 0.1) is 0 Å². The first-order chi connectivity index (χ1) is 11.2. The second kappa shape index (κ2) is 5.41. The highest BCUT2D eigenvalue weighted by Gasteiger charge is 2.11. The Morgan fingerprint density at radius 3 is 2.39 bits per heavy atom. The van der Waals surface area contributed by atoms with Crippen LogP contribution >= 0.6 is 11.6 Å². The second-order valence-electron chi connectivity index (χ2n) is 5.15. The third kappa shape index (κ3) is 2.64. The molecule has 0 radical (unpaired) electrons. The molecule has 5 heteroatoms. The molecule has 0 amide bonds. The van der Waals surface area contributed by atoms with Crippen molar-refractivity contribution >= 4 is 28.5 Å². The van der Waals surface area contributed by atoms with Gasteiger partial charge in [0.25, 0.3) is 0 Å². The molecule has 0 bridgehead atoms. The van der Waals surface area contributed by atoms with Crippen LogP contribution in [-0.2, 0) is 0 Å². The van der Waals surface area contributed by atoms with Crippen molar-refractivity contribution < 1.29 is 4.42 Å². The molecule has 4 aromatic rings. The van der Waals surface area contributed by atoms with Gasteiger partial charge in [0, 0.05) is 16.0 Å². The smallest absolute Gasteiger partial charge is 0.221 e. The van der Waals surface area contributed by atoms with Crippen LogP contribution in [0.1, 0.15) is 0 Å². The van der Waals surface area contributed by atoms with Gasteiger partial charge in [-0.15, -0.1) is 0 Å². The average molecular weight is 322 g/mol. The number of halogens is 1. The van der Waals surface area contributed by atoms with Crippen molar-refractivity contribution in [2.24, 2.45) is 0 Å². The minimum atomic E-state index is 0.202. The van der Waals surface area contributed by atoms with E-state index in [1.54, 1.807) is 0 Å². The summed E-state index contributed by atoms with van der Waals surface area (Å²) >= 11 is 5.93. The summed E-state index contributed by atoms with van der Waals surface area (Å²) in [7, 11) is 0. The van der Waals surface area contributed by atoms with Gasteiger partial charge in [-0.05, 0) is 30.3 Å². The van der Waals surface area contributed by atoms with E-state index >= 15 is 0 Å². The van der Waals surface area contributed by atoms with E-state index in [2.05, 4.69) is 9.97 Å². The number of anilines is 1.